The third-order valence-corrected chi connectivity index (χ3v) is 3.69. The Morgan fingerprint density at radius 1 is 1.38 bits per heavy atom. The molecule has 0 saturated heterocycles. The summed E-state index contributed by atoms with van der Waals surface area (Å²) < 4.78 is 6.94. The number of nitrogen functional groups attached to an aromatic ring is 1. The predicted octanol–water partition coefficient (Wildman–Crippen LogP) is 2.64. The fraction of sp³-hybridized carbons (Fsp3) is 0.500. The summed E-state index contributed by atoms with van der Waals surface area (Å²) in [7, 11) is 1.70. The molecule has 0 spiro atoms. The molecule has 0 amide bonds. The zero-order valence-corrected chi connectivity index (χ0v) is 13.3. The van der Waals surface area contributed by atoms with E-state index in [2.05, 4.69) is 29.4 Å². The van der Waals surface area contributed by atoms with E-state index >= 15 is 0 Å². The first-order valence-electron chi connectivity index (χ1n) is 6.73. The van der Waals surface area contributed by atoms with Crippen molar-refractivity contribution in [1.29, 1.82) is 0 Å². The van der Waals surface area contributed by atoms with Gasteiger partial charge in [-0.05, 0) is 40.5 Å². The van der Waals surface area contributed by atoms with Gasteiger partial charge in [-0.1, -0.05) is 25.4 Å². The van der Waals surface area contributed by atoms with Crippen molar-refractivity contribution < 1.29 is 4.74 Å². The van der Waals surface area contributed by atoms with E-state index in [0.29, 0.717) is 29.7 Å². The third kappa shape index (κ3) is 3.92. The average Bonchev–Trinajstić information content (AvgIpc) is 2.87. The number of aromatic nitrogens is 4. The molecule has 1 heterocycles. The van der Waals surface area contributed by atoms with E-state index < -0.39 is 0 Å². The Bertz CT molecular complexity index is 611. The molecule has 0 aliphatic rings. The van der Waals surface area contributed by atoms with E-state index in [-0.39, 0.29) is 5.41 Å². The molecule has 114 valence electrons. The smallest absolute Gasteiger partial charge is 0.182 e. The minimum atomic E-state index is 0.0259. The summed E-state index contributed by atoms with van der Waals surface area (Å²) in [5, 5.41) is 12.5. The number of tetrazole rings is 1. The normalized spacial score (nSPS) is 11.8. The topological polar surface area (TPSA) is 78.8 Å². The quantitative estimate of drug-likeness (QED) is 0.830. The van der Waals surface area contributed by atoms with Gasteiger partial charge in [-0.3, -0.25) is 0 Å². The lowest BCUT2D eigenvalue weighted by atomic mass is 9.89. The lowest BCUT2D eigenvalue weighted by Crippen LogP contribution is -2.23. The lowest BCUT2D eigenvalue weighted by molar-refractivity contribution is 0.140. The van der Waals surface area contributed by atoms with Gasteiger partial charge in [-0.25, -0.2) is 4.68 Å². The van der Waals surface area contributed by atoms with Gasteiger partial charge in [-0.15, -0.1) is 5.10 Å². The van der Waals surface area contributed by atoms with Crippen molar-refractivity contribution >= 4 is 17.3 Å². The van der Waals surface area contributed by atoms with Crippen molar-refractivity contribution in [3.05, 3.63) is 23.2 Å². The van der Waals surface area contributed by atoms with Gasteiger partial charge in [-0.2, -0.15) is 0 Å². The van der Waals surface area contributed by atoms with Crippen LogP contribution in [-0.2, 0) is 11.3 Å². The molecule has 2 N–H and O–H groups in total. The van der Waals surface area contributed by atoms with E-state index in [0.717, 1.165) is 12.0 Å². The predicted molar refractivity (Wildman–Crippen MR) is 82.9 cm³/mol. The maximum absolute atomic E-state index is 5.95. The number of nitrogens with zero attached hydrogens (tertiary/aromatic N) is 4. The molecule has 0 bridgehead atoms. The summed E-state index contributed by atoms with van der Waals surface area (Å²) in [6.07, 6.45) is 0.922. The molecule has 0 atom stereocenters. The Hall–Kier alpha value is -1.66. The maximum atomic E-state index is 5.95. The number of anilines is 1. The highest BCUT2D eigenvalue weighted by Gasteiger charge is 2.22. The SMILES string of the molecule is COCCC(C)(C)Cn1nnnc1-c1ccc(Cl)c(N)c1. The van der Waals surface area contributed by atoms with Gasteiger partial charge in [0.05, 0.1) is 17.3 Å². The molecule has 6 nitrogen and oxygen atoms in total. The minimum Gasteiger partial charge on any atom is -0.398 e. The standard InChI is InChI=1S/C14H20ClN5O/c1-14(2,6-7-21-3)9-20-13(17-18-19-20)10-4-5-11(15)12(16)8-10/h4-5,8H,6-7,9,16H2,1-3H3. The molecular formula is C14H20ClN5O. The highest BCUT2D eigenvalue weighted by atomic mass is 35.5. The number of methoxy groups -OCH3 is 1. The van der Waals surface area contributed by atoms with E-state index in [9.17, 15) is 0 Å². The highest BCUT2D eigenvalue weighted by molar-refractivity contribution is 6.33. The Balaban J connectivity index is 2.24. The summed E-state index contributed by atoms with van der Waals surface area (Å²) in [6, 6.07) is 5.40. The third-order valence-electron chi connectivity index (χ3n) is 3.35. The first kappa shape index (κ1) is 15.7. The number of benzene rings is 1. The van der Waals surface area contributed by atoms with Crippen molar-refractivity contribution in [3.8, 4) is 11.4 Å². The molecule has 7 heteroatoms. The first-order chi connectivity index (χ1) is 9.93. The van der Waals surface area contributed by atoms with Crippen molar-refractivity contribution in [2.24, 2.45) is 5.41 Å². The van der Waals surface area contributed by atoms with E-state index in [1.807, 2.05) is 6.07 Å². The van der Waals surface area contributed by atoms with Crippen LogP contribution < -0.4 is 5.73 Å². The van der Waals surface area contributed by atoms with Gasteiger partial charge in [0, 0.05) is 19.3 Å². The fourth-order valence-corrected chi connectivity index (χ4v) is 2.18. The molecule has 1 aromatic heterocycles. The van der Waals surface area contributed by atoms with E-state index in [1.165, 1.54) is 0 Å². The monoisotopic (exact) mass is 309 g/mol. The molecule has 0 radical (unpaired) electrons. The molecule has 1 aromatic carbocycles. The van der Waals surface area contributed by atoms with Gasteiger partial charge in [0.2, 0.25) is 0 Å². The van der Waals surface area contributed by atoms with Crippen LogP contribution in [0, 0.1) is 5.41 Å². The maximum Gasteiger partial charge on any atom is 0.182 e. The number of hydrogen-bond acceptors (Lipinski definition) is 5. The summed E-state index contributed by atoms with van der Waals surface area (Å²) in [5.74, 6) is 0.684. The van der Waals surface area contributed by atoms with Gasteiger partial charge < -0.3 is 10.5 Å². The van der Waals surface area contributed by atoms with Crippen LogP contribution in [0.5, 0.6) is 0 Å². The minimum absolute atomic E-state index is 0.0259. The van der Waals surface area contributed by atoms with Gasteiger partial charge in [0.1, 0.15) is 0 Å². The Labute approximate surface area is 129 Å². The molecule has 0 aliphatic heterocycles. The molecule has 2 aromatic rings. The fourth-order valence-electron chi connectivity index (χ4n) is 2.06. The largest absolute Gasteiger partial charge is 0.398 e. The van der Waals surface area contributed by atoms with Crippen LogP contribution in [-0.4, -0.2) is 33.9 Å². The molecule has 0 fully saturated rings. The second-order valence-electron chi connectivity index (χ2n) is 5.80. The second kappa shape index (κ2) is 6.41. The Morgan fingerprint density at radius 2 is 2.14 bits per heavy atom. The summed E-state index contributed by atoms with van der Waals surface area (Å²) in [5.41, 5.74) is 7.24. The van der Waals surface area contributed by atoms with Crippen LogP contribution in [0.3, 0.4) is 0 Å². The zero-order valence-electron chi connectivity index (χ0n) is 12.5. The van der Waals surface area contributed by atoms with Crippen LogP contribution >= 0.6 is 11.6 Å². The van der Waals surface area contributed by atoms with Crippen molar-refractivity contribution in [1.82, 2.24) is 20.2 Å². The lowest BCUT2D eigenvalue weighted by Gasteiger charge is -2.24. The molecule has 21 heavy (non-hydrogen) atoms. The number of ether oxygens (including phenoxy) is 1. The summed E-state index contributed by atoms with van der Waals surface area (Å²) in [4.78, 5) is 0. The van der Waals surface area contributed by atoms with Crippen LogP contribution in [0.15, 0.2) is 18.2 Å². The van der Waals surface area contributed by atoms with Gasteiger partial charge >= 0.3 is 0 Å². The van der Waals surface area contributed by atoms with Crippen LogP contribution in [0.2, 0.25) is 5.02 Å². The molecule has 0 saturated carbocycles. The van der Waals surface area contributed by atoms with Crippen molar-refractivity contribution in [3.63, 3.8) is 0 Å². The van der Waals surface area contributed by atoms with Crippen LogP contribution in [0.4, 0.5) is 5.69 Å². The van der Waals surface area contributed by atoms with E-state index in [4.69, 9.17) is 22.1 Å². The highest BCUT2D eigenvalue weighted by Crippen LogP contribution is 2.28. The summed E-state index contributed by atoms with van der Waals surface area (Å²) >= 11 is 5.95. The molecule has 0 unspecified atom stereocenters. The number of rotatable bonds is 6. The zero-order chi connectivity index (χ0) is 15.5. The first-order valence-corrected chi connectivity index (χ1v) is 7.11. The van der Waals surface area contributed by atoms with Crippen LogP contribution in [0.1, 0.15) is 20.3 Å². The number of hydrogen-bond donors (Lipinski definition) is 1. The second-order valence-corrected chi connectivity index (χ2v) is 6.21. The molecule has 0 aliphatic carbocycles. The van der Waals surface area contributed by atoms with Crippen LogP contribution in [0.25, 0.3) is 11.4 Å². The molecule has 2 rings (SSSR count). The Kier molecular flexibility index (Phi) is 4.80. The van der Waals surface area contributed by atoms with Crippen molar-refractivity contribution in [2.45, 2.75) is 26.8 Å². The number of halogens is 1. The van der Waals surface area contributed by atoms with E-state index in [1.54, 1.807) is 23.9 Å². The van der Waals surface area contributed by atoms with Gasteiger partial charge in [0.15, 0.2) is 5.82 Å². The number of nitrogens with two attached hydrogens (primary N) is 1. The molecular weight excluding hydrogens is 290 g/mol. The average molecular weight is 310 g/mol. The Morgan fingerprint density at radius 3 is 2.81 bits per heavy atom. The summed E-state index contributed by atoms with van der Waals surface area (Å²) in [6.45, 7) is 5.72. The van der Waals surface area contributed by atoms with Crippen molar-refractivity contribution in [2.75, 3.05) is 19.5 Å². The van der Waals surface area contributed by atoms with Gasteiger partial charge in [0.25, 0.3) is 0 Å².